The minimum absolute atomic E-state index is 0. The Kier molecular flexibility index (Phi) is 16.2. The van der Waals surface area contributed by atoms with Crippen molar-refractivity contribution in [1.29, 1.82) is 0 Å². The van der Waals surface area contributed by atoms with Gasteiger partial charge in [-0.2, -0.15) is 0 Å². The third kappa shape index (κ3) is 11.5. The van der Waals surface area contributed by atoms with Crippen LogP contribution in [-0.4, -0.2) is 0 Å². The molecule has 0 radical (unpaired) electrons. The molecule has 0 bridgehead atoms. The smallest absolute Gasteiger partial charge is 0.807 e. The number of unbranched alkanes of at least 4 members (excludes halogenated alkanes) is 6. The van der Waals surface area contributed by atoms with Crippen molar-refractivity contribution in [2.24, 2.45) is 0 Å². The van der Waals surface area contributed by atoms with Crippen molar-refractivity contribution in [2.45, 2.75) is 58.3 Å². The van der Waals surface area contributed by atoms with E-state index in [1.165, 1.54) is 50.7 Å². The molecule has 1 rings (SSSR count). The SMILES string of the molecule is CCCCCCCCCc1ccc(P(=O)([O-])[O-])cc1.[Na+].[Na+]. The average molecular weight is 328 g/mol. The van der Waals surface area contributed by atoms with E-state index in [4.69, 9.17) is 0 Å². The topological polar surface area (TPSA) is 63.2 Å². The normalized spacial score (nSPS) is 10.6. The third-order valence-corrected chi connectivity index (χ3v) is 4.25. The maximum absolute atomic E-state index is 10.8. The van der Waals surface area contributed by atoms with Crippen molar-refractivity contribution < 1.29 is 73.5 Å². The molecule has 0 aliphatic rings. The summed E-state index contributed by atoms with van der Waals surface area (Å²) in [6.07, 6.45) is 9.80. The maximum atomic E-state index is 10.8. The average Bonchev–Trinajstić information content (AvgIpc) is 2.37. The Bertz CT molecular complexity index is 404. The zero-order chi connectivity index (χ0) is 14.1. The largest absolute Gasteiger partial charge is 1.00 e. The quantitative estimate of drug-likeness (QED) is 0.269. The Hall–Kier alpha value is 1.37. The van der Waals surface area contributed by atoms with Gasteiger partial charge in [0.25, 0.3) is 0 Å². The summed E-state index contributed by atoms with van der Waals surface area (Å²) in [6, 6.07) is 6.32. The van der Waals surface area contributed by atoms with Crippen molar-refractivity contribution in [2.75, 3.05) is 0 Å². The van der Waals surface area contributed by atoms with Gasteiger partial charge in [-0.05, 0) is 31.3 Å². The van der Waals surface area contributed by atoms with Gasteiger partial charge in [0.05, 0.1) is 0 Å². The van der Waals surface area contributed by atoms with Crippen LogP contribution in [0.5, 0.6) is 0 Å². The Labute approximate surface area is 173 Å². The summed E-state index contributed by atoms with van der Waals surface area (Å²) < 4.78 is 10.8. The van der Waals surface area contributed by atoms with Gasteiger partial charge in [0.15, 0.2) is 0 Å². The molecule has 0 atom stereocenters. The van der Waals surface area contributed by atoms with Crippen LogP contribution < -0.4 is 74.2 Å². The molecule has 0 amide bonds. The molecule has 0 saturated heterocycles. The molecule has 0 fully saturated rings. The van der Waals surface area contributed by atoms with Crippen molar-refractivity contribution in [3.05, 3.63) is 29.8 Å². The molecular weight excluding hydrogens is 305 g/mol. The Morgan fingerprint density at radius 1 is 0.857 bits per heavy atom. The second kappa shape index (κ2) is 13.8. The first-order chi connectivity index (χ1) is 9.04. The first-order valence-electron chi connectivity index (χ1n) is 7.15. The van der Waals surface area contributed by atoms with E-state index in [1.807, 2.05) is 0 Å². The molecule has 0 aromatic heterocycles. The summed E-state index contributed by atoms with van der Waals surface area (Å²) in [7, 11) is -4.59. The monoisotopic (exact) mass is 328 g/mol. The van der Waals surface area contributed by atoms with Crippen molar-refractivity contribution in [3.8, 4) is 0 Å². The molecular formula is C15H23Na2O3P. The molecule has 0 aliphatic carbocycles. The minimum atomic E-state index is -4.59. The first kappa shape index (κ1) is 24.6. The van der Waals surface area contributed by atoms with Crippen LogP contribution >= 0.6 is 7.60 Å². The summed E-state index contributed by atoms with van der Waals surface area (Å²) in [5.41, 5.74) is 1.10. The molecule has 0 N–H and O–H groups in total. The van der Waals surface area contributed by atoms with Crippen LogP contribution in [-0.2, 0) is 11.0 Å². The first-order valence-corrected chi connectivity index (χ1v) is 8.70. The second-order valence-corrected chi connectivity index (χ2v) is 6.55. The predicted octanol–water partition coefficient (Wildman–Crippen LogP) is -3.47. The summed E-state index contributed by atoms with van der Waals surface area (Å²) in [5, 5.41) is -0.115. The van der Waals surface area contributed by atoms with Gasteiger partial charge in [-0.25, -0.2) is 0 Å². The van der Waals surface area contributed by atoms with E-state index in [0.717, 1.165) is 18.4 Å². The molecule has 3 nitrogen and oxygen atoms in total. The van der Waals surface area contributed by atoms with Crippen LogP contribution in [0.1, 0.15) is 57.4 Å². The van der Waals surface area contributed by atoms with Gasteiger partial charge < -0.3 is 14.4 Å². The summed E-state index contributed by atoms with van der Waals surface area (Å²) in [5.74, 6) is 0. The number of aryl methyl sites for hydroxylation is 1. The number of benzene rings is 1. The summed E-state index contributed by atoms with van der Waals surface area (Å²) >= 11 is 0. The fourth-order valence-electron chi connectivity index (χ4n) is 2.13. The van der Waals surface area contributed by atoms with E-state index in [0.29, 0.717) is 0 Å². The van der Waals surface area contributed by atoms with E-state index in [-0.39, 0.29) is 64.4 Å². The van der Waals surface area contributed by atoms with Crippen molar-refractivity contribution >= 4 is 12.9 Å². The van der Waals surface area contributed by atoms with Crippen LogP contribution in [0.2, 0.25) is 0 Å². The van der Waals surface area contributed by atoms with E-state index in [9.17, 15) is 14.4 Å². The Morgan fingerprint density at radius 3 is 1.81 bits per heavy atom. The fourth-order valence-corrected chi connectivity index (χ4v) is 2.65. The zero-order valence-corrected chi connectivity index (χ0v) is 18.5. The Balaban J connectivity index is 0. The van der Waals surface area contributed by atoms with Crippen LogP contribution in [0.3, 0.4) is 0 Å². The van der Waals surface area contributed by atoms with Gasteiger partial charge in [0, 0.05) is 0 Å². The van der Waals surface area contributed by atoms with E-state index >= 15 is 0 Å². The number of hydrogen-bond acceptors (Lipinski definition) is 3. The molecule has 21 heavy (non-hydrogen) atoms. The molecule has 0 unspecified atom stereocenters. The zero-order valence-electron chi connectivity index (χ0n) is 13.6. The van der Waals surface area contributed by atoms with Gasteiger partial charge in [-0.15, -0.1) is 0 Å². The molecule has 0 aliphatic heterocycles. The van der Waals surface area contributed by atoms with Crippen molar-refractivity contribution in [1.82, 2.24) is 0 Å². The van der Waals surface area contributed by atoms with Gasteiger partial charge in [-0.1, -0.05) is 69.7 Å². The van der Waals surface area contributed by atoms with Gasteiger partial charge >= 0.3 is 59.1 Å². The van der Waals surface area contributed by atoms with Gasteiger partial charge in [0.1, 0.15) is 0 Å². The standard InChI is InChI=1S/C15H25O3P.2Na/c1-2-3-4-5-6-7-8-9-14-10-12-15(13-11-14)19(16,17)18;;/h10-13H,2-9H2,1H3,(H2,16,17,18);;/q;2*+1/p-2. The molecule has 0 heterocycles. The molecule has 108 valence electrons. The fraction of sp³-hybridized carbons (Fsp3) is 0.600. The third-order valence-electron chi connectivity index (χ3n) is 3.32. The van der Waals surface area contributed by atoms with Crippen LogP contribution in [0.15, 0.2) is 24.3 Å². The van der Waals surface area contributed by atoms with Gasteiger partial charge in [0.2, 0.25) is 0 Å². The summed E-state index contributed by atoms with van der Waals surface area (Å²) in [6.45, 7) is 2.21. The molecule has 0 saturated carbocycles. The molecule has 6 heteroatoms. The molecule has 0 spiro atoms. The van der Waals surface area contributed by atoms with Gasteiger partial charge in [-0.3, -0.25) is 0 Å². The predicted molar refractivity (Wildman–Crippen MR) is 75.4 cm³/mol. The number of hydrogen-bond donors (Lipinski definition) is 0. The molecule has 1 aromatic rings. The maximum Gasteiger partial charge on any atom is 1.00 e. The van der Waals surface area contributed by atoms with Crippen LogP contribution in [0.4, 0.5) is 0 Å². The van der Waals surface area contributed by atoms with Crippen LogP contribution in [0, 0.1) is 0 Å². The number of rotatable bonds is 9. The van der Waals surface area contributed by atoms with E-state index in [2.05, 4.69) is 6.92 Å². The second-order valence-electron chi connectivity index (χ2n) is 5.04. The molecule has 1 aromatic carbocycles. The van der Waals surface area contributed by atoms with E-state index < -0.39 is 7.60 Å². The Morgan fingerprint density at radius 2 is 1.33 bits per heavy atom. The van der Waals surface area contributed by atoms with E-state index in [1.54, 1.807) is 12.1 Å². The minimum Gasteiger partial charge on any atom is -0.807 e. The van der Waals surface area contributed by atoms with Crippen molar-refractivity contribution in [3.63, 3.8) is 0 Å². The van der Waals surface area contributed by atoms with Crippen LogP contribution in [0.25, 0.3) is 0 Å². The summed E-state index contributed by atoms with van der Waals surface area (Å²) in [4.78, 5) is 21.6.